The number of rotatable bonds is 10. The maximum Gasteiger partial charge on any atom is 0.255 e. The quantitative estimate of drug-likeness (QED) is 0.336. The Morgan fingerprint density at radius 2 is 2.06 bits per heavy atom. The van der Waals surface area contributed by atoms with E-state index in [0.29, 0.717) is 28.8 Å². The molecule has 1 aromatic carbocycles. The first-order chi connectivity index (χ1) is 15.4. The lowest BCUT2D eigenvalue weighted by molar-refractivity contribution is 0.0964. The highest BCUT2D eigenvalue weighted by atomic mass is 32.2. The summed E-state index contributed by atoms with van der Waals surface area (Å²) < 4.78 is 42.3. The van der Waals surface area contributed by atoms with Crippen LogP contribution < -0.4 is 5.32 Å². The van der Waals surface area contributed by atoms with Crippen molar-refractivity contribution in [3.63, 3.8) is 0 Å². The first-order valence-corrected chi connectivity index (χ1v) is 11.4. The van der Waals surface area contributed by atoms with E-state index in [1.165, 1.54) is 35.6 Å². The minimum Gasteiger partial charge on any atom is -0.437 e. The van der Waals surface area contributed by atoms with Gasteiger partial charge in [-0.15, -0.1) is 0 Å². The van der Waals surface area contributed by atoms with Gasteiger partial charge in [0.2, 0.25) is 17.0 Å². The van der Waals surface area contributed by atoms with Crippen LogP contribution in [0, 0.1) is 5.82 Å². The van der Waals surface area contributed by atoms with Crippen molar-refractivity contribution in [3.05, 3.63) is 59.5 Å². The lowest BCUT2D eigenvalue weighted by atomic mass is 10.0. The number of unbranched alkanes of at least 4 members (excludes halogenated alkanes) is 2. The molecule has 0 radical (unpaired) electrons. The van der Waals surface area contributed by atoms with Crippen LogP contribution in [0.5, 0.6) is 0 Å². The second-order valence-electron chi connectivity index (χ2n) is 7.27. The van der Waals surface area contributed by atoms with Crippen molar-refractivity contribution in [2.75, 3.05) is 13.6 Å². The molecule has 2 N–H and O–H groups in total. The van der Waals surface area contributed by atoms with Gasteiger partial charge in [0.15, 0.2) is 0 Å². The van der Waals surface area contributed by atoms with E-state index >= 15 is 0 Å². The number of hydrogen-bond acceptors (Lipinski definition) is 4. The second-order valence-corrected chi connectivity index (χ2v) is 8.25. The van der Waals surface area contributed by atoms with Gasteiger partial charge >= 0.3 is 0 Å². The Morgan fingerprint density at radius 1 is 1.34 bits per heavy atom. The summed E-state index contributed by atoms with van der Waals surface area (Å²) in [5.41, 5.74) is 2.15. The Bertz CT molecular complexity index is 1140. The molecular formula is C23H26FN3O4S. The number of pyridine rings is 1. The molecule has 0 fully saturated rings. The van der Waals surface area contributed by atoms with Gasteiger partial charge < -0.3 is 9.73 Å². The number of carbonyl (C=O) groups excluding carboxylic acids is 1. The summed E-state index contributed by atoms with van der Waals surface area (Å²) in [6.07, 6.45) is 4.31. The van der Waals surface area contributed by atoms with Crippen molar-refractivity contribution in [2.24, 2.45) is 0 Å². The topological polar surface area (TPSA) is 95.7 Å². The second kappa shape index (κ2) is 10.6. The fourth-order valence-electron chi connectivity index (χ4n) is 3.45. The number of halogens is 1. The number of furan rings is 1. The molecule has 3 aromatic rings. The Morgan fingerprint density at radius 3 is 2.66 bits per heavy atom. The minimum atomic E-state index is -2.16. The summed E-state index contributed by atoms with van der Waals surface area (Å²) in [5.74, 6) is -0.504. The van der Waals surface area contributed by atoms with E-state index in [1.807, 2.05) is 0 Å². The molecule has 0 spiro atoms. The lowest BCUT2D eigenvalue weighted by Crippen LogP contribution is -2.27. The molecule has 32 heavy (non-hydrogen) atoms. The van der Waals surface area contributed by atoms with E-state index in [1.54, 1.807) is 12.1 Å². The van der Waals surface area contributed by atoms with Gasteiger partial charge in [-0.1, -0.05) is 32.4 Å². The van der Waals surface area contributed by atoms with Crippen LogP contribution in [0.25, 0.3) is 28.5 Å². The maximum atomic E-state index is 13.4. The molecule has 0 aliphatic carbocycles. The number of fused-ring (bicyclic) bond motifs is 1. The third kappa shape index (κ3) is 5.12. The van der Waals surface area contributed by atoms with Crippen molar-refractivity contribution >= 4 is 34.3 Å². The number of nitrogens with one attached hydrogen (secondary N) is 1. The van der Waals surface area contributed by atoms with Crippen LogP contribution in [0.3, 0.4) is 0 Å². The molecule has 9 heteroatoms. The molecule has 1 unspecified atom stereocenters. The zero-order chi connectivity index (χ0) is 23.3. The van der Waals surface area contributed by atoms with Crippen molar-refractivity contribution in [1.82, 2.24) is 14.6 Å². The van der Waals surface area contributed by atoms with Gasteiger partial charge in [0.25, 0.3) is 5.91 Å². The number of aromatic nitrogens is 1. The van der Waals surface area contributed by atoms with Gasteiger partial charge in [-0.2, -0.15) is 4.31 Å². The van der Waals surface area contributed by atoms with E-state index in [-0.39, 0.29) is 29.5 Å². The minimum absolute atomic E-state index is 0.117. The molecule has 0 saturated carbocycles. The Hall–Kier alpha value is -2.88. The number of amides is 1. The number of carbonyl (C=O) groups is 1. The molecule has 3 rings (SSSR count). The molecule has 7 nitrogen and oxygen atoms in total. The summed E-state index contributed by atoms with van der Waals surface area (Å²) in [6, 6.07) is 7.36. The number of benzene rings is 1. The average Bonchev–Trinajstić information content (AvgIpc) is 3.15. The van der Waals surface area contributed by atoms with Crippen molar-refractivity contribution < 1.29 is 22.4 Å². The highest BCUT2D eigenvalue weighted by molar-refractivity contribution is 7.76. The molecule has 170 valence electrons. The zero-order valence-corrected chi connectivity index (χ0v) is 18.9. The van der Waals surface area contributed by atoms with Gasteiger partial charge in [0.05, 0.1) is 23.2 Å². The van der Waals surface area contributed by atoms with Crippen LogP contribution in [0.4, 0.5) is 4.39 Å². The molecule has 0 bridgehead atoms. The highest BCUT2D eigenvalue weighted by Crippen LogP contribution is 2.34. The third-order valence-electron chi connectivity index (χ3n) is 5.13. The first kappa shape index (κ1) is 23.8. The van der Waals surface area contributed by atoms with Crippen LogP contribution in [0.1, 0.15) is 47.8 Å². The Labute approximate surface area is 188 Å². The van der Waals surface area contributed by atoms with E-state index in [9.17, 15) is 17.9 Å². The molecule has 1 atom stereocenters. The summed E-state index contributed by atoms with van der Waals surface area (Å²) in [5, 5.41) is 3.08. The lowest BCUT2D eigenvalue weighted by Gasteiger charge is -2.18. The number of hydrogen-bond donors (Lipinski definition) is 2. The van der Waals surface area contributed by atoms with Crippen LogP contribution in [0.15, 0.2) is 41.3 Å². The molecule has 2 heterocycles. The molecule has 0 saturated heterocycles. The van der Waals surface area contributed by atoms with E-state index < -0.39 is 17.1 Å². The van der Waals surface area contributed by atoms with Crippen molar-refractivity contribution in [1.29, 1.82) is 0 Å². The maximum absolute atomic E-state index is 13.4. The smallest absolute Gasteiger partial charge is 0.255 e. The van der Waals surface area contributed by atoms with Crippen molar-refractivity contribution in [3.8, 4) is 11.3 Å². The average molecular weight is 460 g/mol. The van der Waals surface area contributed by atoms with Crippen molar-refractivity contribution in [2.45, 2.75) is 32.7 Å². The van der Waals surface area contributed by atoms with Gasteiger partial charge in [0.1, 0.15) is 11.6 Å². The summed E-state index contributed by atoms with van der Waals surface area (Å²) >= 11 is -2.16. The predicted molar refractivity (Wildman–Crippen MR) is 124 cm³/mol. The summed E-state index contributed by atoms with van der Waals surface area (Å²) in [7, 11) is 1.51. The standard InChI is InChI=1S/C23H26FN3O4S/c1-4-6-7-12-27(32(29)30)14-19-15(5-2)13-18-20(22(28)25-3)21(31-23(18)26-19)16-8-10-17(24)11-9-16/h5,8-11,13H,2,4,6-7,12,14H2,1,3H3,(H,25,28)(H,29,30). The van der Waals surface area contributed by atoms with Gasteiger partial charge in [-0.3, -0.25) is 9.35 Å². The molecule has 2 aromatic heterocycles. The van der Waals surface area contributed by atoms with Crippen LogP contribution in [-0.2, 0) is 17.8 Å². The molecular weight excluding hydrogens is 433 g/mol. The Balaban J connectivity index is 2.11. The summed E-state index contributed by atoms with van der Waals surface area (Å²) in [6.45, 7) is 6.44. The van der Waals surface area contributed by atoms with E-state index in [2.05, 4.69) is 23.8 Å². The predicted octanol–water partition coefficient (Wildman–Crippen LogP) is 4.77. The largest absolute Gasteiger partial charge is 0.437 e. The summed E-state index contributed by atoms with van der Waals surface area (Å²) in [4.78, 5) is 17.2. The Kier molecular flexibility index (Phi) is 7.89. The highest BCUT2D eigenvalue weighted by Gasteiger charge is 2.24. The molecule has 0 aliphatic heterocycles. The van der Waals surface area contributed by atoms with Gasteiger partial charge in [-0.05, 0) is 42.3 Å². The van der Waals surface area contributed by atoms with E-state index in [0.717, 1.165) is 19.3 Å². The number of nitrogens with zero attached hydrogens (tertiary/aromatic N) is 2. The van der Waals surface area contributed by atoms with Crippen LogP contribution in [-0.4, -0.2) is 37.6 Å². The first-order valence-electron chi connectivity index (χ1n) is 10.3. The zero-order valence-electron chi connectivity index (χ0n) is 18.1. The van der Waals surface area contributed by atoms with Crippen LogP contribution in [0.2, 0.25) is 0 Å². The third-order valence-corrected chi connectivity index (χ3v) is 5.89. The fraction of sp³-hybridized carbons (Fsp3) is 0.304. The van der Waals surface area contributed by atoms with E-state index in [4.69, 9.17) is 4.42 Å². The van der Waals surface area contributed by atoms with Gasteiger partial charge in [-0.25, -0.2) is 13.6 Å². The molecule has 0 aliphatic rings. The SMILES string of the molecule is C=Cc1cc2c(C(=O)NC)c(-c3ccc(F)cc3)oc2nc1CN(CCCCC)S(=O)O. The van der Waals surface area contributed by atoms with Gasteiger partial charge in [0, 0.05) is 19.2 Å². The fourth-order valence-corrected chi connectivity index (χ4v) is 3.97. The normalized spacial score (nSPS) is 12.3. The monoisotopic (exact) mass is 459 g/mol. The molecule has 1 amide bonds. The van der Waals surface area contributed by atoms with Crippen LogP contribution >= 0.6 is 0 Å².